The molecule has 1 heterocycles. The van der Waals surface area contributed by atoms with Gasteiger partial charge in [-0.25, -0.2) is 0 Å². The summed E-state index contributed by atoms with van der Waals surface area (Å²) in [5.41, 5.74) is 1.17. The van der Waals surface area contributed by atoms with E-state index in [2.05, 4.69) is 0 Å². The van der Waals surface area contributed by atoms with Gasteiger partial charge in [-0.2, -0.15) is 0 Å². The van der Waals surface area contributed by atoms with Crippen molar-refractivity contribution in [1.82, 2.24) is 0 Å². The van der Waals surface area contributed by atoms with Crippen molar-refractivity contribution in [1.29, 1.82) is 0 Å². The molecule has 0 saturated heterocycles. The van der Waals surface area contributed by atoms with E-state index >= 15 is 0 Å². The Labute approximate surface area is 148 Å². The number of ketones is 1. The number of hydrogen-bond acceptors (Lipinski definition) is 3. The number of amides is 1. The second kappa shape index (κ2) is 5.33. The van der Waals surface area contributed by atoms with Gasteiger partial charge in [0.15, 0.2) is 5.78 Å². The van der Waals surface area contributed by atoms with Gasteiger partial charge >= 0.3 is 0 Å². The lowest BCUT2D eigenvalue weighted by molar-refractivity contribution is -0.143. The topological polar surface area (TPSA) is 46.6 Å². The molecule has 4 heteroatoms. The van der Waals surface area contributed by atoms with Crippen molar-refractivity contribution < 1.29 is 14.3 Å². The molecule has 0 atom stereocenters. The molecule has 0 aromatic heterocycles. The average Bonchev–Trinajstić information content (AvgIpc) is 2.60. The van der Waals surface area contributed by atoms with Crippen LogP contribution in [0.3, 0.4) is 0 Å². The summed E-state index contributed by atoms with van der Waals surface area (Å²) in [6, 6.07) is 5.53. The number of ether oxygens (including phenoxy) is 1. The van der Waals surface area contributed by atoms with Crippen LogP contribution < -0.4 is 9.64 Å². The fourth-order valence-corrected chi connectivity index (χ4v) is 6.51. The van der Waals surface area contributed by atoms with Crippen molar-refractivity contribution in [3.8, 4) is 5.75 Å². The van der Waals surface area contributed by atoms with Gasteiger partial charge in [0.25, 0.3) is 0 Å². The third-order valence-corrected chi connectivity index (χ3v) is 7.09. The number of Topliss-reactive ketones (excluding diaryl/α,β-unsaturated/α-hetero) is 1. The van der Waals surface area contributed by atoms with Crippen LogP contribution >= 0.6 is 0 Å². The SMILES string of the molecule is COc1cccc2c1N(C(=O)C13CC4CC(CC(C4)C1)C3)CCC2=O. The summed E-state index contributed by atoms with van der Waals surface area (Å²) >= 11 is 0. The minimum Gasteiger partial charge on any atom is -0.495 e. The van der Waals surface area contributed by atoms with Crippen molar-refractivity contribution in [3.05, 3.63) is 23.8 Å². The van der Waals surface area contributed by atoms with Crippen LogP contribution in [0, 0.1) is 23.2 Å². The van der Waals surface area contributed by atoms with Gasteiger partial charge in [-0.1, -0.05) is 6.07 Å². The van der Waals surface area contributed by atoms with Gasteiger partial charge in [0.1, 0.15) is 5.75 Å². The van der Waals surface area contributed by atoms with Crippen molar-refractivity contribution in [2.45, 2.75) is 44.9 Å². The molecule has 4 fully saturated rings. The molecule has 4 saturated carbocycles. The lowest BCUT2D eigenvalue weighted by atomic mass is 9.49. The number of para-hydroxylation sites is 1. The van der Waals surface area contributed by atoms with Gasteiger partial charge in [0.2, 0.25) is 5.91 Å². The largest absolute Gasteiger partial charge is 0.495 e. The predicted octanol–water partition coefficient (Wildman–Crippen LogP) is 3.83. The van der Waals surface area contributed by atoms with E-state index in [0.29, 0.717) is 30.0 Å². The summed E-state index contributed by atoms with van der Waals surface area (Å²) in [6.45, 7) is 0.493. The van der Waals surface area contributed by atoms with Crippen LogP contribution in [0.2, 0.25) is 0 Å². The lowest BCUT2D eigenvalue weighted by Gasteiger charge is -2.56. The molecule has 0 spiro atoms. The monoisotopic (exact) mass is 339 g/mol. The fourth-order valence-electron chi connectivity index (χ4n) is 6.51. The number of methoxy groups -OCH3 is 1. The van der Waals surface area contributed by atoms with E-state index in [-0.39, 0.29) is 17.1 Å². The van der Waals surface area contributed by atoms with E-state index in [4.69, 9.17) is 4.74 Å². The van der Waals surface area contributed by atoms with Gasteiger partial charge in [-0.3, -0.25) is 9.59 Å². The first-order chi connectivity index (χ1) is 12.1. The molecular formula is C21H25NO3. The first-order valence-electron chi connectivity index (χ1n) is 9.62. The van der Waals surface area contributed by atoms with Crippen molar-refractivity contribution in [2.75, 3.05) is 18.6 Å². The van der Waals surface area contributed by atoms with E-state index in [1.807, 2.05) is 23.1 Å². The number of hydrogen-bond donors (Lipinski definition) is 0. The third-order valence-electron chi connectivity index (χ3n) is 7.09. The molecule has 4 nitrogen and oxygen atoms in total. The quantitative estimate of drug-likeness (QED) is 0.823. The fraction of sp³-hybridized carbons (Fsp3) is 0.619. The van der Waals surface area contributed by atoms with Crippen LogP contribution in [0.1, 0.15) is 55.3 Å². The summed E-state index contributed by atoms with van der Waals surface area (Å²) in [4.78, 5) is 28.0. The Balaban J connectivity index is 1.55. The highest BCUT2D eigenvalue weighted by atomic mass is 16.5. The summed E-state index contributed by atoms with van der Waals surface area (Å²) in [7, 11) is 1.61. The smallest absolute Gasteiger partial charge is 0.233 e. The molecule has 1 aliphatic heterocycles. The molecule has 4 bridgehead atoms. The van der Waals surface area contributed by atoms with Crippen LogP contribution in [0.5, 0.6) is 5.75 Å². The molecule has 132 valence electrons. The maximum absolute atomic E-state index is 13.7. The highest BCUT2D eigenvalue weighted by Gasteiger charge is 2.56. The van der Waals surface area contributed by atoms with E-state index in [1.165, 1.54) is 19.3 Å². The zero-order valence-electron chi connectivity index (χ0n) is 14.8. The normalized spacial score (nSPS) is 35.6. The summed E-state index contributed by atoms with van der Waals surface area (Å²) < 4.78 is 5.51. The molecule has 1 aromatic carbocycles. The lowest BCUT2D eigenvalue weighted by Crippen LogP contribution is -2.55. The molecule has 1 amide bonds. The number of nitrogens with zero attached hydrogens (tertiary/aromatic N) is 1. The Bertz CT molecular complexity index is 718. The molecule has 0 unspecified atom stereocenters. The average molecular weight is 339 g/mol. The Hall–Kier alpha value is -1.84. The number of fused-ring (bicyclic) bond motifs is 1. The predicted molar refractivity (Wildman–Crippen MR) is 94.9 cm³/mol. The zero-order valence-corrected chi connectivity index (χ0v) is 14.8. The molecule has 0 N–H and O–H groups in total. The van der Waals surface area contributed by atoms with Crippen LogP contribution in [0.15, 0.2) is 18.2 Å². The Kier molecular flexibility index (Phi) is 3.28. The highest BCUT2D eigenvalue weighted by Crippen LogP contribution is 2.61. The summed E-state index contributed by atoms with van der Waals surface area (Å²) in [5.74, 6) is 3.22. The molecule has 4 aliphatic carbocycles. The minimum atomic E-state index is -0.187. The van der Waals surface area contributed by atoms with E-state index in [9.17, 15) is 9.59 Å². The number of benzene rings is 1. The van der Waals surface area contributed by atoms with Crippen molar-refractivity contribution in [3.63, 3.8) is 0 Å². The molecule has 6 rings (SSSR count). The van der Waals surface area contributed by atoms with E-state index < -0.39 is 0 Å². The Morgan fingerprint density at radius 3 is 2.36 bits per heavy atom. The number of carbonyl (C=O) groups is 2. The van der Waals surface area contributed by atoms with Gasteiger partial charge in [0.05, 0.1) is 18.2 Å². The number of anilines is 1. The standard InChI is InChI=1S/C21H25NO3/c1-25-18-4-2-3-16-17(23)5-6-22(19(16)18)20(24)21-10-13-7-14(11-21)9-15(8-13)12-21/h2-4,13-15H,5-12H2,1H3. The Morgan fingerprint density at radius 2 is 1.76 bits per heavy atom. The summed E-state index contributed by atoms with van der Waals surface area (Å²) in [5, 5.41) is 0. The first-order valence-corrected chi connectivity index (χ1v) is 9.62. The van der Waals surface area contributed by atoms with Crippen LogP contribution in [0.25, 0.3) is 0 Å². The van der Waals surface area contributed by atoms with Crippen LogP contribution in [-0.2, 0) is 4.79 Å². The van der Waals surface area contributed by atoms with Crippen LogP contribution in [0.4, 0.5) is 5.69 Å². The van der Waals surface area contributed by atoms with E-state index in [0.717, 1.165) is 37.0 Å². The van der Waals surface area contributed by atoms with Gasteiger partial charge in [0, 0.05) is 18.5 Å². The third kappa shape index (κ3) is 2.19. The molecular weight excluding hydrogens is 314 g/mol. The van der Waals surface area contributed by atoms with Gasteiger partial charge < -0.3 is 9.64 Å². The van der Waals surface area contributed by atoms with E-state index in [1.54, 1.807) is 7.11 Å². The van der Waals surface area contributed by atoms with Crippen molar-refractivity contribution in [2.24, 2.45) is 23.2 Å². The number of carbonyl (C=O) groups excluding carboxylic acids is 2. The molecule has 25 heavy (non-hydrogen) atoms. The molecule has 5 aliphatic rings. The maximum atomic E-state index is 13.7. The van der Waals surface area contributed by atoms with Crippen LogP contribution in [-0.4, -0.2) is 25.3 Å². The zero-order chi connectivity index (χ0) is 17.2. The Morgan fingerprint density at radius 1 is 1.12 bits per heavy atom. The van der Waals surface area contributed by atoms with Gasteiger partial charge in [-0.15, -0.1) is 0 Å². The summed E-state index contributed by atoms with van der Waals surface area (Å²) in [6.07, 6.45) is 7.53. The maximum Gasteiger partial charge on any atom is 0.233 e. The first kappa shape index (κ1) is 15.4. The van der Waals surface area contributed by atoms with Gasteiger partial charge in [-0.05, 0) is 68.4 Å². The minimum absolute atomic E-state index is 0.114. The highest BCUT2D eigenvalue weighted by molar-refractivity contribution is 6.11. The van der Waals surface area contributed by atoms with Crippen molar-refractivity contribution >= 4 is 17.4 Å². The number of rotatable bonds is 2. The second-order valence-corrected chi connectivity index (χ2v) is 8.68. The second-order valence-electron chi connectivity index (χ2n) is 8.68. The molecule has 0 radical (unpaired) electrons. The molecule has 1 aromatic rings.